The summed E-state index contributed by atoms with van der Waals surface area (Å²) in [7, 11) is 0. The van der Waals surface area contributed by atoms with Gasteiger partial charge in [0.1, 0.15) is 11.5 Å². The molecule has 0 aliphatic rings. The highest BCUT2D eigenvalue weighted by Crippen LogP contribution is 2.17. The summed E-state index contributed by atoms with van der Waals surface area (Å²) >= 11 is 0. The fourth-order valence-electron chi connectivity index (χ4n) is 1.93. The van der Waals surface area contributed by atoms with Crippen LogP contribution in [0.25, 0.3) is 0 Å². The van der Waals surface area contributed by atoms with E-state index in [-0.39, 0.29) is 11.7 Å². The van der Waals surface area contributed by atoms with Crippen LogP contribution in [-0.2, 0) is 0 Å². The molecule has 0 aliphatic heterocycles. The first kappa shape index (κ1) is 15.9. The molecule has 0 bridgehead atoms. The third kappa shape index (κ3) is 4.84. The average molecular weight is 301 g/mol. The quantitative estimate of drug-likeness (QED) is 0.854. The Morgan fingerprint density at radius 2 is 2.00 bits per heavy atom. The first-order valence-corrected chi connectivity index (χ1v) is 7.31. The third-order valence-electron chi connectivity index (χ3n) is 3.11. The van der Waals surface area contributed by atoms with Crippen molar-refractivity contribution in [3.8, 4) is 0 Å². The molecule has 22 heavy (non-hydrogen) atoms. The Bertz CT molecular complexity index is 643. The van der Waals surface area contributed by atoms with Crippen LogP contribution in [0.5, 0.6) is 0 Å². The Balaban J connectivity index is 2.01. The molecule has 0 aliphatic carbocycles. The van der Waals surface area contributed by atoms with Crippen molar-refractivity contribution >= 4 is 17.3 Å². The fourth-order valence-corrected chi connectivity index (χ4v) is 1.93. The number of nitrogens with one attached hydrogen (secondary N) is 2. The van der Waals surface area contributed by atoms with Crippen LogP contribution in [0.4, 0.5) is 15.8 Å². The maximum atomic E-state index is 13.2. The molecule has 0 unspecified atom stereocenters. The third-order valence-corrected chi connectivity index (χ3v) is 3.11. The summed E-state index contributed by atoms with van der Waals surface area (Å²) in [6.45, 7) is 4.83. The van der Waals surface area contributed by atoms with Gasteiger partial charge in [-0.25, -0.2) is 4.39 Å². The summed E-state index contributed by atoms with van der Waals surface area (Å²) in [5, 5.41) is 5.90. The average Bonchev–Trinajstić information content (AvgIpc) is 2.47. The lowest BCUT2D eigenvalue weighted by Gasteiger charge is -2.09. The number of carbonyl (C=O) groups is 1. The maximum Gasteiger partial charge on any atom is 0.269 e. The molecule has 4 nitrogen and oxygen atoms in total. The topological polar surface area (TPSA) is 54.0 Å². The number of halogens is 1. The molecule has 5 heteroatoms. The molecule has 0 fully saturated rings. The number of hydrogen-bond donors (Lipinski definition) is 2. The second kappa shape index (κ2) is 7.54. The van der Waals surface area contributed by atoms with E-state index >= 15 is 0 Å². The zero-order valence-electron chi connectivity index (χ0n) is 12.8. The molecule has 1 amide bonds. The van der Waals surface area contributed by atoms with Gasteiger partial charge in [-0.05, 0) is 42.7 Å². The van der Waals surface area contributed by atoms with Crippen LogP contribution in [0.15, 0.2) is 42.6 Å². The Labute approximate surface area is 129 Å². The second-order valence-electron chi connectivity index (χ2n) is 5.50. The number of nitrogens with zero attached hydrogens (tertiary/aromatic N) is 1. The first-order valence-electron chi connectivity index (χ1n) is 7.31. The number of pyridine rings is 1. The van der Waals surface area contributed by atoms with Gasteiger partial charge in [0.25, 0.3) is 5.91 Å². The van der Waals surface area contributed by atoms with Crippen molar-refractivity contribution < 1.29 is 9.18 Å². The van der Waals surface area contributed by atoms with Crippen molar-refractivity contribution in [1.82, 2.24) is 10.3 Å². The van der Waals surface area contributed by atoms with Gasteiger partial charge in [-0.3, -0.25) is 9.78 Å². The minimum atomic E-state index is -0.314. The first-order chi connectivity index (χ1) is 10.5. The molecule has 0 saturated heterocycles. The van der Waals surface area contributed by atoms with E-state index < -0.39 is 0 Å². The molecular weight excluding hydrogens is 281 g/mol. The highest BCUT2D eigenvalue weighted by Gasteiger charge is 2.08. The Morgan fingerprint density at radius 1 is 1.23 bits per heavy atom. The number of carbonyl (C=O) groups excluding carboxylic acids is 1. The smallest absolute Gasteiger partial charge is 0.269 e. The summed E-state index contributed by atoms with van der Waals surface area (Å²) in [5.74, 6) is 0.0171. The number of rotatable bonds is 6. The lowest BCUT2D eigenvalue weighted by molar-refractivity contribution is 0.0947. The molecule has 116 valence electrons. The minimum absolute atomic E-state index is 0.205. The van der Waals surface area contributed by atoms with E-state index in [1.807, 2.05) is 0 Å². The van der Waals surface area contributed by atoms with Gasteiger partial charge in [0, 0.05) is 24.1 Å². The van der Waals surface area contributed by atoms with Crippen molar-refractivity contribution in [3.63, 3.8) is 0 Å². The summed E-state index contributed by atoms with van der Waals surface area (Å²) in [4.78, 5) is 16.1. The van der Waals surface area contributed by atoms with E-state index in [2.05, 4.69) is 29.5 Å². The normalized spacial score (nSPS) is 10.5. The molecule has 1 aromatic carbocycles. The van der Waals surface area contributed by atoms with Crippen molar-refractivity contribution in [2.75, 3.05) is 11.9 Å². The van der Waals surface area contributed by atoms with Crippen LogP contribution >= 0.6 is 0 Å². The predicted molar refractivity (Wildman–Crippen MR) is 85.7 cm³/mol. The molecule has 0 saturated carbocycles. The molecule has 0 atom stereocenters. The van der Waals surface area contributed by atoms with Gasteiger partial charge in [-0.15, -0.1) is 0 Å². The zero-order chi connectivity index (χ0) is 15.9. The fraction of sp³-hybridized carbons (Fsp3) is 0.294. The molecule has 1 heterocycles. The van der Waals surface area contributed by atoms with Gasteiger partial charge in [0.2, 0.25) is 0 Å². The van der Waals surface area contributed by atoms with E-state index in [9.17, 15) is 9.18 Å². The van der Waals surface area contributed by atoms with Crippen LogP contribution in [0.3, 0.4) is 0 Å². The van der Waals surface area contributed by atoms with Crippen molar-refractivity contribution in [2.24, 2.45) is 5.92 Å². The van der Waals surface area contributed by atoms with Gasteiger partial charge in [0.05, 0.1) is 0 Å². The predicted octanol–water partition coefficient (Wildman–Crippen LogP) is 3.74. The van der Waals surface area contributed by atoms with E-state index in [1.54, 1.807) is 30.5 Å². The molecule has 2 N–H and O–H groups in total. The molecule has 1 aromatic heterocycles. The summed E-state index contributed by atoms with van der Waals surface area (Å²) in [6.07, 6.45) is 2.48. The molecule has 0 radical (unpaired) electrons. The largest absolute Gasteiger partial charge is 0.355 e. The van der Waals surface area contributed by atoms with Gasteiger partial charge in [-0.2, -0.15) is 0 Å². The lowest BCUT2D eigenvalue weighted by Crippen LogP contribution is -2.26. The number of anilines is 2. The van der Waals surface area contributed by atoms with Crippen LogP contribution in [0.1, 0.15) is 30.8 Å². The summed E-state index contributed by atoms with van der Waals surface area (Å²) in [6, 6.07) is 9.53. The van der Waals surface area contributed by atoms with Crippen LogP contribution in [0, 0.1) is 11.7 Å². The Kier molecular flexibility index (Phi) is 5.47. The Hall–Kier alpha value is -2.43. The zero-order valence-corrected chi connectivity index (χ0v) is 12.8. The van der Waals surface area contributed by atoms with E-state index in [0.29, 0.717) is 29.5 Å². The van der Waals surface area contributed by atoms with Crippen molar-refractivity contribution in [3.05, 3.63) is 54.1 Å². The highest BCUT2D eigenvalue weighted by atomic mass is 19.1. The number of benzene rings is 1. The highest BCUT2D eigenvalue weighted by molar-refractivity contribution is 5.93. The van der Waals surface area contributed by atoms with E-state index in [0.717, 1.165) is 6.42 Å². The molecule has 0 spiro atoms. The standard InChI is InChI=1S/C17H20FN3O/c1-12(2)6-8-20-17(22)16-11-15(7-9-19-16)21-14-5-3-4-13(18)10-14/h3-5,7,9-12H,6,8H2,1-2H3,(H,19,21)(H,20,22). The minimum Gasteiger partial charge on any atom is -0.355 e. The lowest BCUT2D eigenvalue weighted by atomic mass is 10.1. The number of hydrogen-bond acceptors (Lipinski definition) is 3. The number of aromatic nitrogens is 1. The maximum absolute atomic E-state index is 13.2. The molecule has 2 aromatic rings. The van der Waals surface area contributed by atoms with E-state index in [4.69, 9.17) is 0 Å². The Morgan fingerprint density at radius 3 is 2.73 bits per heavy atom. The molecular formula is C17H20FN3O. The van der Waals surface area contributed by atoms with E-state index in [1.165, 1.54) is 12.1 Å². The molecule has 2 rings (SSSR count). The SMILES string of the molecule is CC(C)CCNC(=O)c1cc(Nc2cccc(F)c2)ccn1. The number of amides is 1. The van der Waals surface area contributed by atoms with Crippen LogP contribution in [-0.4, -0.2) is 17.4 Å². The van der Waals surface area contributed by atoms with Crippen molar-refractivity contribution in [2.45, 2.75) is 20.3 Å². The van der Waals surface area contributed by atoms with Crippen molar-refractivity contribution in [1.29, 1.82) is 0 Å². The monoisotopic (exact) mass is 301 g/mol. The van der Waals surface area contributed by atoms with Gasteiger partial charge in [-0.1, -0.05) is 19.9 Å². The van der Waals surface area contributed by atoms with Crippen LogP contribution in [0.2, 0.25) is 0 Å². The van der Waals surface area contributed by atoms with Crippen LogP contribution < -0.4 is 10.6 Å². The summed E-state index contributed by atoms with van der Waals surface area (Å²) < 4.78 is 13.2. The van der Waals surface area contributed by atoms with Gasteiger partial charge < -0.3 is 10.6 Å². The van der Waals surface area contributed by atoms with Gasteiger partial charge >= 0.3 is 0 Å². The second-order valence-corrected chi connectivity index (χ2v) is 5.50. The summed E-state index contributed by atoms with van der Waals surface area (Å²) in [5.41, 5.74) is 1.65. The van der Waals surface area contributed by atoms with Gasteiger partial charge in [0.15, 0.2) is 0 Å².